The van der Waals surface area contributed by atoms with E-state index in [4.69, 9.17) is 5.11 Å². The average molecular weight is 225 g/mol. The first kappa shape index (κ1) is 14.4. The van der Waals surface area contributed by atoms with Crippen LogP contribution in [-0.4, -0.2) is 34.0 Å². The van der Waals surface area contributed by atoms with Crippen molar-refractivity contribution in [2.75, 3.05) is 6.54 Å². The molecule has 90 valence electrons. The van der Waals surface area contributed by atoms with Gasteiger partial charge >= 0.3 is 5.97 Å². The van der Waals surface area contributed by atoms with E-state index in [2.05, 4.69) is 0 Å². The van der Waals surface area contributed by atoms with Gasteiger partial charge in [-0.2, -0.15) is 0 Å². The smallest absolute Gasteiger partial charge is 0.329 e. The summed E-state index contributed by atoms with van der Waals surface area (Å²) in [5.41, 5.74) is -1.19. The fraction of sp³-hybridized carbons (Fsp3) is 0.500. The molecule has 0 radical (unpaired) electrons. The third-order valence-corrected chi connectivity index (χ3v) is 2.32. The Kier molecular flexibility index (Phi) is 5.50. The van der Waals surface area contributed by atoms with Crippen LogP contribution >= 0.6 is 0 Å². The second-order valence-electron chi connectivity index (χ2n) is 3.83. The zero-order valence-electron chi connectivity index (χ0n) is 10.2. The number of carbonyl (C=O) groups excluding carboxylic acids is 1. The number of amides is 1. The topological polar surface area (TPSA) is 57.6 Å². The molecule has 0 spiro atoms. The molecule has 16 heavy (non-hydrogen) atoms. The van der Waals surface area contributed by atoms with Crippen molar-refractivity contribution in [1.29, 1.82) is 0 Å². The minimum absolute atomic E-state index is 0.298. The highest BCUT2D eigenvalue weighted by atomic mass is 16.4. The van der Waals surface area contributed by atoms with E-state index < -0.39 is 11.5 Å². The molecule has 0 bridgehead atoms. The molecule has 0 aromatic rings. The lowest BCUT2D eigenvalue weighted by molar-refractivity contribution is -0.154. The summed E-state index contributed by atoms with van der Waals surface area (Å²) in [6, 6.07) is 0. The second kappa shape index (κ2) is 6.10. The molecule has 0 atom stereocenters. The fourth-order valence-corrected chi connectivity index (χ4v) is 1.28. The molecule has 0 aromatic heterocycles. The highest BCUT2D eigenvalue weighted by molar-refractivity contribution is 5.92. The third kappa shape index (κ3) is 3.53. The van der Waals surface area contributed by atoms with Gasteiger partial charge in [0.1, 0.15) is 5.54 Å². The van der Waals surface area contributed by atoms with Crippen LogP contribution < -0.4 is 0 Å². The van der Waals surface area contributed by atoms with Crippen molar-refractivity contribution in [3.8, 4) is 0 Å². The van der Waals surface area contributed by atoms with Gasteiger partial charge in [-0.1, -0.05) is 18.2 Å². The van der Waals surface area contributed by atoms with Crippen molar-refractivity contribution in [3.05, 3.63) is 24.3 Å². The molecule has 4 nitrogen and oxygen atoms in total. The summed E-state index contributed by atoms with van der Waals surface area (Å²) in [5, 5.41) is 9.03. The normalized spacial score (nSPS) is 12.2. The lowest BCUT2D eigenvalue weighted by Gasteiger charge is -2.33. The van der Waals surface area contributed by atoms with Crippen molar-refractivity contribution >= 4 is 11.9 Å². The molecule has 0 fully saturated rings. The van der Waals surface area contributed by atoms with Gasteiger partial charge in [0, 0.05) is 12.6 Å². The Bertz CT molecular complexity index is 316. The Morgan fingerprint density at radius 3 is 2.25 bits per heavy atom. The summed E-state index contributed by atoms with van der Waals surface area (Å²) < 4.78 is 0. The Morgan fingerprint density at radius 2 is 1.88 bits per heavy atom. The minimum Gasteiger partial charge on any atom is -0.480 e. The summed E-state index contributed by atoms with van der Waals surface area (Å²) in [4.78, 5) is 24.1. The Hall–Kier alpha value is -1.58. The lowest BCUT2D eigenvalue weighted by Crippen LogP contribution is -2.52. The zero-order chi connectivity index (χ0) is 12.8. The predicted molar refractivity (Wildman–Crippen MR) is 63.1 cm³/mol. The van der Waals surface area contributed by atoms with E-state index in [9.17, 15) is 9.59 Å². The maximum Gasteiger partial charge on any atom is 0.329 e. The molecule has 1 N–H and O–H groups in total. The predicted octanol–water partition coefficient (Wildman–Crippen LogP) is 1.83. The Morgan fingerprint density at radius 1 is 1.31 bits per heavy atom. The molecule has 0 aliphatic heterocycles. The summed E-state index contributed by atoms with van der Waals surface area (Å²) in [5.74, 6) is -1.31. The third-order valence-electron chi connectivity index (χ3n) is 2.32. The molecule has 0 aliphatic carbocycles. The number of hydrogen-bond donors (Lipinski definition) is 1. The summed E-state index contributed by atoms with van der Waals surface area (Å²) in [6.45, 7) is 6.98. The number of carboxylic acid groups (broad SMARTS) is 1. The van der Waals surface area contributed by atoms with E-state index in [0.29, 0.717) is 6.54 Å². The molecule has 0 heterocycles. The molecule has 0 saturated carbocycles. The van der Waals surface area contributed by atoms with Crippen LogP contribution in [0.2, 0.25) is 0 Å². The number of hydrogen-bond acceptors (Lipinski definition) is 2. The maximum absolute atomic E-state index is 11.7. The van der Waals surface area contributed by atoms with E-state index in [1.54, 1.807) is 25.2 Å². The summed E-state index contributed by atoms with van der Waals surface area (Å²) in [6.07, 6.45) is 6.49. The minimum atomic E-state index is -1.19. The molecule has 4 heteroatoms. The van der Waals surface area contributed by atoms with E-state index in [0.717, 1.165) is 0 Å². The van der Waals surface area contributed by atoms with Crippen LogP contribution in [0.1, 0.15) is 27.7 Å². The number of likely N-dealkylation sites (N-methyl/N-ethyl adjacent to an activating group) is 1. The van der Waals surface area contributed by atoms with Crippen LogP contribution in [0.3, 0.4) is 0 Å². The van der Waals surface area contributed by atoms with Crippen LogP contribution in [0.15, 0.2) is 24.3 Å². The van der Waals surface area contributed by atoms with E-state index in [-0.39, 0.29) is 5.91 Å². The number of carbonyl (C=O) groups is 2. The molecule has 0 aliphatic rings. The molecule has 0 saturated heterocycles. The molecule has 0 unspecified atom stereocenters. The van der Waals surface area contributed by atoms with Crippen molar-refractivity contribution in [3.63, 3.8) is 0 Å². The first-order chi connectivity index (χ1) is 7.37. The number of carboxylic acids is 1. The van der Waals surface area contributed by atoms with Crippen LogP contribution in [0, 0.1) is 0 Å². The Labute approximate surface area is 96.3 Å². The highest BCUT2D eigenvalue weighted by Crippen LogP contribution is 2.15. The number of aliphatic carboxylic acids is 1. The van der Waals surface area contributed by atoms with Crippen LogP contribution in [0.5, 0.6) is 0 Å². The average Bonchev–Trinajstić information content (AvgIpc) is 2.18. The van der Waals surface area contributed by atoms with Crippen molar-refractivity contribution in [1.82, 2.24) is 4.90 Å². The first-order valence-corrected chi connectivity index (χ1v) is 5.22. The van der Waals surface area contributed by atoms with Gasteiger partial charge in [-0.15, -0.1) is 0 Å². The van der Waals surface area contributed by atoms with Crippen molar-refractivity contribution < 1.29 is 14.7 Å². The van der Waals surface area contributed by atoms with Gasteiger partial charge in [0.25, 0.3) is 0 Å². The summed E-state index contributed by atoms with van der Waals surface area (Å²) >= 11 is 0. The van der Waals surface area contributed by atoms with E-state index >= 15 is 0 Å². The lowest BCUT2D eigenvalue weighted by atomic mass is 10.0. The van der Waals surface area contributed by atoms with Gasteiger partial charge in [-0.25, -0.2) is 4.79 Å². The molecule has 0 rings (SSSR count). The largest absolute Gasteiger partial charge is 0.480 e. The Balaban J connectivity index is 4.87. The van der Waals surface area contributed by atoms with E-state index in [1.165, 1.54) is 24.8 Å². The monoisotopic (exact) mass is 225 g/mol. The second-order valence-corrected chi connectivity index (χ2v) is 3.83. The molecular formula is C12H19NO3. The molecule has 1 amide bonds. The molecular weight excluding hydrogens is 206 g/mol. The highest BCUT2D eigenvalue weighted by Gasteiger charge is 2.35. The van der Waals surface area contributed by atoms with Gasteiger partial charge in [0.2, 0.25) is 5.91 Å². The van der Waals surface area contributed by atoms with Crippen molar-refractivity contribution in [2.45, 2.75) is 33.2 Å². The quantitative estimate of drug-likeness (QED) is 0.573. The first-order valence-electron chi connectivity index (χ1n) is 5.22. The van der Waals surface area contributed by atoms with Gasteiger partial charge in [-0.3, -0.25) is 4.79 Å². The fourth-order valence-electron chi connectivity index (χ4n) is 1.28. The van der Waals surface area contributed by atoms with Gasteiger partial charge in [0.05, 0.1) is 0 Å². The van der Waals surface area contributed by atoms with Gasteiger partial charge < -0.3 is 10.0 Å². The number of rotatable bonds is 5. The SMILES string of the molecule is CC=CC=CC(=O)N(CC)C(C)(C)C(=O)O. The maximum atomic E-state index is 11.7. The molecule has 0 aromatic carbocycles. The number of allylic oxidation sites excluding steroid dienone is 3. The standard InChI is InChI=1S/C12H19NO3/c1-5-7-8-9-10(14)13(6-2)12(3,4)11(15)16/h5,7-9H,6H2,1-4H3,(H,15,16). The van der Waals surface area contributed by atoms with Crippen LogP contribution in [0.4, 0.5) is 0 Å². The van der Waals surface area contributed by atoms with E-state index in [1.807, 2.05) is 6.92 Å². The van der Waals surface area contributed by atoms with Crippen molar-refractivity contribution in [2.24, 2.45) is 0 Å². The van der Waals surface area contributed by atoms with Gasteiger partial charge in [0.15, 0.2) is 0 Å². The summed E-state index contributed by atoms with van der Waals surface area (Å²) in [7, 11) is 0. The van der Waals surface area contributed by atoms with Crippen LogP contribution in [0.25, 0.3) is 0 Å². The van der Waals surface area contributed by atoms with Crippen LogP contribution in [-0.2, 0) is 9.59 Å². The number of nitrogens with zero attached hydrogens (tertiary/aromatic N) is 1. The zero-order valence-corrected chi connectivity index (χ0v) is 10.2. The van der Waals surface area contributed by atoms with Gasteiger partial charge in [-0.05, 0) is 27.7 Å².